The molecule has 138 valence electrons. The fourth-order valence-electron chi connectivity index (χ4n) is 3.74. The van der Waals surface area contributed by atoms with E-state index in [0.29, 0.717) is 0 Å². The smallest absolute Gasteiger partial charge is 0.269 e. The summed E-state index contributed by atoms with van der Waals surface area (Å²) in [5, 5.41) is 10.7. The average molecular weight is 347 g/mol. The second-order valence-corrected chi connectivity index (χ2v) is 7.12. The Hall–Kier alpha value is -1.70. The Morgan fingerprint density at radius 1 is 0.960 bits per heavy atom. The van der Waals surface area contributed by atoms with Crippen LogP contribution in [-0.2, 0) is 0 Å². The first-order valence-electron chi connectivity index (χ1n) is 9.30. The van der Waals surface area contributed by atoms with E-state index >= 15 is 0 Å². The van der Waals surface area contributed by atoms with Crippen molar-refractivity contribution in [2.24, 2.45) is 11.7 Å². The van der Waals surface area contributed by atoms with Gasteiger partial charge in [-0.3, -0.25) is 15.0 Å². The van der Waals surface area contributed by atoms with Crippen LogP contribution in [0.15, 0.2) is 24.3 Å². The third kappa shape index (κ3) is 4.90. The fourth-order valence-corrected chi connectivity index (χ4v) is 3.74. The number of hydrogen-bond acceptors (Lipinski definition) is 6. The van der Waals surface area contributed by atoms with E-state index in [1.54, 1.807) is 12.1 Å². The van der Waals surface area contributed by atoms with Gasteiger partial charge in [-0.1, -0.05) is 0 Å². The summed E-state index contributed by atoms with van der Waals surface area (Å²) in [6.45, 7) is 9.54. The maximum atomic E-state index is 10.7. The predicted molar refractivity (Wildman–Crippen MR) is 100.0 cm³/mol. The molecule has 2 aliphatic heterocycles. The topological polar surface area (TPSA) is 78.9 Å². The molecule has 0 saturated carbocycles. The largest absolute Gasteiger partial charge is 0.369 e. The molecule has 2 heterocycles. The van der Waals surface area contributed by atoms with Gasteiger partial charge < -0.3 is 15.5 Å². The van der Waals surface area contributed by atoms with E-state index in [1.807, 2.05) is 12.1 Å². The minimum Gasteiger partial charge on any atom is -0.369 e. The van der Waals surface area contributed by atoms with E-state index in [-0.39, 0.29) is 10.6 Å². The standard InChI is InChI=1S/C18H29N5O2/c19-15-16-5-7-20(8-6-16)9-10-21-11-13-22(14-12-21)17-1-3-18(4-2-17)23(24)25/h1-4,16H,5-15,19H2. The highest BCUT2D eigenvalue weighted by molar-refractivity contribution is 5.51. The van der Waals surface area contributed by atoms with E-state index in [2.05, 4.69) is 14.7 Å². The van der Waals surface area contributed by atoms with Crippen LogP contribution in [0, 0.1) is 16.0 Å². The normalized spacial score (nSPS) is 20.8. The molecule has 0 aromatic heterocycles. The first-order valence-corrected chi connectivity index (χ1v) is 9.30. The van der Waals surface area contributed by atoms with Crippen molar-refractivity contribution in [2.45, 2.75) is 12.8 Å². The lowest BCUT2D eigenvalue weighted by Crippen LogP contribution is -2.49. The van der Waals surface area contributed by atoms with Gasteiger partial charge >= 0.3 is 0 Å². The van der Waals surface area contributed by atoms with Gasteiger partial charge in [-0.15, -0.1) is 0 Å². The van der Waals surface area contributed by atoms with Crippen LogP contribution in [-0.4, -0.2) is 73.6 Å². The number of nitrogens with zero attached hydrogens (tertiary/aromatic N) is 4. The van der Waals surface area contributed by atoms with Crippen LogP contribution in [0.4, 0.5) is 11.4 Å². The molecular formula is C18H29N5O2. The molecular weight excluding hydrogens is 318 g/mol. The van der Waals surface area contributed by atoms with Crippen LogP contribution < -0.4 is 10.6 Å². The van der Waals surface area contributed by atoms with Crippen LogP contribution in [0.1, 0.15) is 12.8 Å². The SMILES string of the molecule is NCC1CCN(CCN2CCN(c3ccc([N+](=O)[O-])cc3)CC2)CC1. The number of likely N-dealkylation sites (tertiary alicyclic amines) is 1. The Kier molecular flexibility index (Phi) is 6.23. The van der Waals surface area contributed by atoms with E-state index in [0.717, 1.165) is 57.4 Å². The van der Waals surface area contributed by atoms with Crippen molar-refractivity contribution >= 4 is 11.4 Å². The van der Waals surface area contributed by atoms with Crippen molar-refractivity contribution in [1.82, 2.24) is 9.80 Å². The number of anilines is 1. The number of piperazine rings is 1. The number of nitrogens with two attached hydrogens (primary N) is 1. The van der Waals surface area contributed by atoms with E-state index in [9.17, 15) is 10.1 Å². The molecule has 2 N–H and O–H groups in total. The Labute approximate surface area is 149 Å². The quantitative estimate of drug-likeness (QED) is 0.619. The summed E-state index contributed by atoms with van der Waals surface area (Å²) in [5.41, 5.74) is 6.99. The summed E-state index contributed by atoms with van der Waals surface area (Å²) in [4.78, 5) is 17.8. The molecule has 1 aromatic carbocycles. The molecule has 25 heavy (non-hydrogen) atoms. The second kappa shape index (κ2) is 8.60. The number of rotatable bonds is 6. The molecule has 0 amide bonds. The Morgan fingerprint density at radius 3 is 2.04 bits per heavy atom. The van der Waals surface area contributed by atoms with Crippen LogP contribution in [0.5, 0.6) is 0 Å². The average Bonchev–Trinajstić information content (AvgIpc) is 2.67. The van der Waals surface area contributed by atoms with Crippen LogP contribution in [0.2, 0.25) is 0 Å². The molecule has 0 atom stereocenters. The first-order chi connectivity index (χ1) is 12.2. The zero-order chi connectivity index (χ0) is 17.6. The lowest BCUT2D eigenvalue weighted by molar-refractivity contribution is -0.384. The van der Waals surface area contributed by atoms with Gasteiger partial charge in [0.15, 0.2) is 0 Å². The molecule has 2 saturated heterocycles. The van der Waals surface area contributed by atoms with E-state index in [4.69, 9.17) is 5.73 Å². The molecule has 0 aliphatic carbocycles. The third-order valence-corrected chi connectivity index (χ3v) is 5.57. The minimum absolute atomic E-state index is 0.154. The number of non-ortho nitro benzene ring substituents is 1. The lowest BCUT2D eigenvalue weighted by atomic mass is 9.97. The summed E-state index contributed by atoms with van der Waals surface area (Å²) in [7, 11) is 0. The number of nitro benzene ring substituents is 1. The van der Waals surface area contributed by atoms with Crippen molar-refractivity contribution < 1.29 is 4.92 Å². The number of benzene rings is 1. The molecule has 2 aliphatic rings. The Balaban J connectivity index is 1.39. The summed E-state index contributed by atoms with van der Waals surface area (Å²) in [6.07, 6.45) is 2.48. The van der Waals surface area contributed by atoms with Crippen molar-refractivity contribution in [3.63, 3.8) is 0 Å². The van der Waals surface area contributed by atoms with Crippen LogP contribution in [0.25, 0.3) is 0 Å². The maximum Gasteiger partial charge on any atom is 0.269 e. The van der Waals surface area contributed by atoms with Crippen molar-refractivity contribution in [3.8, 4) is 0 Å². The van der Waals surface area contributed by atoms with Gasteiger partial charge in [0.05, 0.1) is 4.92 Å². The van der Waals surface area contributed by atoms with Crippen LogP contribution >= 0.6 is 0 Å². The van der Waals surface area contributed by atoms with Crippen molar-refractivity contribution in [2.75, 3.05) is 63.8 Å². The molecule has 7 heteroatoms. The molecule has 3 rings (SSSR count). The number of piperidine rings is 1. The van der Waals surface area contributed by atoms with Gasteiger partial charge in [0, 0.05) is 57.1 Å². The lowest BCUT2D eigenvalue weighted by Gasteiger charge is -2.38. The number of hydrogen-bond donors (Lipinski definition) is 1. The monoisotopic (exact) mass is 347 g/mol. The second-order valence-electron chi connectivity index (χ2n) is 7.12. The highest BCUT2D eigenvalue weighted by atomic mass is 16.6. The molecule has 1 aromatic rings. The molecule has 0 bridgehead atoms. The molecule has 2 fully saturated rings. The zero-order valence-electron chi connectivity index (χ0n) is 14.8. The Bertz CT molecular complexity index is 549. The number of nitro groups is 1. The van der Waals surface area contributed by atoms with E-state index in [1.165, 1.54) is 25.9 Å². The van der Waals surface area contributed by atoms with Gasteiger partial charge in [-0.05, 0) is 50.5 Å². The van der Waals surface area contributed by atoms with Crippen LogP contribution in [0.3, 0.4) is 0 Å². The molecule has 0 spiro atoms. The Morgan fingerprint density at radius 2 is 1.52 bits per heavy atom. The first kappa shape index (κ1) is 18.1. The minimum atomic E-state index is -0.349. The predicted octanol–water partition coefficient (Wildman–Crippen LogP) is 1.39. The molecule has 7 nitrogen and oxygen atoms in total. The highest BCUT2D eigenvalue weighted by Crippen LogP contribution is 2.21. The van der Waals surface area contributed by atoms with E-state index < -0.39 is 0 Å². The molecule has 0 unspecified atom stereocenters. The summed E-state index contributed by atoms with van der Waals surface area (Å²) >= 11 is 0. The summed E-state index contributed by atoms with van der Waals surface area (Å²) in [6, 6.07) is 6.89. The fraction of sp³-hybridized carbons (Fsp3) is 0.667. The van der Waals surface area contributed by atoms with Gasteiger partial charge in [0.25, 0.3) is 5.69 Å². The zero-order valence-corrected chi connectivity index (χ0v) is 14.8. The van der Waals surface area contributed by atoms with Gasteiger partial charge in [0.2, 0.25) is 0 Å². The van der Waals surface area contributed by atoms with Gasteiger partial charge in [0.1, 0.15) is 0 Å². The third-order valence-electron chi connectivity index (χ3n) is 5.57. The molecule has 0 radical (unpaired) electrons. The summed E-state index contributed by atoms with van der Waals surface area (Å²) in [5.74, 6) is 0.724. The van der Waals surface area contributed by atoms with Gasteiger partial charge in [-0.2, -0.15) is 0 Å². The van der Waals surface area contributed by atoms with Crippen molar-refractivity contribution in [1.29, 1.82) is 0 Å². The highest BCUT2D eigenvalue weighted by Gasteiger charge is 2.21. The maximum absolute atomic E-state index is 10.7. The van der Waals surface area contributed by atoms with Gasteiger partial charge in [-0.25, -0.2) is 0 Å². The van der Waals surface area contributed by atoms with Crippen molar-refractivity contribution in [3.05, 3.63) is 34.4 Å². The summed E-state index contributed by atoms with van der Waals surface area (Å²) < 4.78 is 0.